The lowest BCUT2D eigenvalue weighted by Gasteiger charge is -2.18. The molecule has 0 saturated carbocycles. The zero-order chi connectivity index (χ0) is 32.6. The monoisotopic (exact) mass is 626 g/mol. The summed E-state index contributed by atoms with van der Waals surface area (Å²) >= 11 is 0. The van der Waals surface area contributed by atoms with E-state index in [9.17, 15) is 0 Å². The van der Waals surface area contributed by atoms with Gasteiger partial charge in [0.1, 0.15) is 11.5 Å². The Morgan fingerprint density at radius 3 is 1.27 bits per heavy atom. The molecule has 230 valence electrons. The minimum atomic E-state index is 0.691. The van der Waals surface area contributed by atoms with Crippen molar-refractivity contribution in [2.45, 2.75) is 0 Å². The summed E-state index contributed by atoms with van der Waals surface area (Å²) in [6, 6.07) is 63.2. The summed E-state index contributed by atoms with van der Waals surface area (Å²) in [5.74, 6) is 2.30. The number of benzene rings is 7. The Hall–Kier alpha value is -6.58. The maximum Gasteiger partial charge on any atom is 0.160 e. The molecule has 0 fully saturated rings. The number of hydrogen-bond acceptors (Lipinski definition) is 3. The van der Waals surface area contributed by atoms with Crippen LogP contribution >= 0.6 is 0 Å². The van der Waals surface area contributed by atoms with Crippen LogP contribution in [0.3, 0.4) is 0 Å². The minimum absolute atomic E-state index is 0.691. The highest BCUT2D eigenvalue weighted by Crippen LogP contribution is 2.48. The van der Waals surface area contributed by atoms with Crippen molar-refractivity contribution in [2.75, 3.05) is 0 Å². The van der Waals surface area contributed by atoms with Gasteiger partial charge in [0.2, 0.25) is 0 Å². The molecule has 1 aliphatic rings. The molecule has 8 aromatic rings. The Bertz CT molecular complexity index is 2410. The molecule has 0 bridgehead atoms. The van der Waals surface area contributed by atoms with Gasteiger partial charge in [-0.05, 0) is 57.6 Å². The molecule has 0 saturated heterocycles. The zero-order valence-electron chi connectivity index (χ0n) is 26.6. The first-order valence-corrected chi connectivity index (χ1v) is 16.5. The average molecular weight is 627 g/mol. The highest BCUT2D eigenvalue weighted by molar-refractivity contribution is 5.98. The van der Waals surface area contributed by atoms with Crippen molar-refractivity contribution in [1.29, 1.82) is 0 Å². The third-order valence-electron chi connectivity index (χ3n) is 9.15. The fourth-order valence-corrected chi connectivity index (χ4v) is 6.81. The van der Waals surface area contributed by atoms with E-state index >= 15 is 0 Å². The lowest BCUT2D eigenvalue weighted by molar-refractivity contribution is 0.486. The van der Waals surface area contributed by atoms with E-state index in [1.165, 1.54) is 5.56 Å². The molecule has 0 spiro atoms. The molecule has 9 rings (SSSR count). The van der Waals surface area contributed by atoms with E-state index in [-0.39, 0.29) is 0 Å². The van der Waals surface area contributed by atoms with Gasteiger partial charge in [-0.15, -0.1) is 0 Å². The second kappa shape index (κ2) is 12.2. The molecule has 1 aromatic heterocycles. The van der Waals surface area contributed by atoms with Crippen LogP contribution in [0.15, 0.2) is 182 Å². The Balaban J connectivity index is 1.32. The molecule has 3 nitrogen and oxygen atoms in total. The Morgan fingerprint density at radius 1 is 0.286 bits per heavy atom. The molecule has 0 unspecified atom stereocenters. The van der Waals surface area contributed by atoms with Gasteiger partial charge in [-0.25, -0.2) is 9.97 Å². The first kappa shape index (κ1) is 28.6. The molecular formula is C46H30N2O. The Morgan fingerprint density at radius 2 is 0.694 bits per heavy atom. The van der Waals surface area contributed by atoms with Gasteiger partial charge >= 0.3 is 0 Å². The van der Waals surface area contributed by atoms with Gasteiger partial charge in [-0.2, -0.15) is 0 Å². The predicted molar refractivity (Wildman–Crippen MR) is 200 cm³/mol. The molecular weight excluding hydrogens is 597 g/mol. The molecule has 49 heavy (non-hydrogen) atoms. The molecule has 0 N–H and O–H groups in total. The standard InChI is InChI=1S/C46H30N2O/c1-3-15-31(16-4-1)42-30-43(48-46(47-42)32-17-5-2-6-18-32)33-27-28-38-36-21-8-7-19-34(36)35-20-9-10-22-37(35)39-23-11-13-25-44(39)49-45-26-14-12-24-40(45)41(38)29-33/h1-30H. The Labute approximate surface area is 285 Å². The maximum absolute atomic E-state index is 6.86. The van der Waals surface area contributed by atoms with E-state index in [0.717, 1.165) is 78.5 Å². The quantitative estimate of drug-likeness (QED) is 0.196. The van der Waals surface area contributed by atoms with Crippen molar-refractivity contribution < 1.29 is 4.74 Å². The summed E-state index contributed by atoms with van der Waals surface area (Å²) in [6.07, 6.45) is 0. The molecule has 0 atom stereocenters. The SMILES string of the molecule is c1ccc(-c2cc(-c3ccc4c(c3)-c3ccccc3Oc3ccccc3-c3ccccc3-c3ccccc3-4)nc(-c3ccccc3)n2)cc1. The maximum atomic E-state index is 6.86. The van der Waals surface area contributed by atoms with Gasteiger partial charge < -0.3 is 4.74 Å². The largest absolute Gasteiger partial charge is 0.456 e. The van der Waals surface area contributed by atoms with Crippen molar-refractivity contribution >= 4 is 0 Å². The lowest BCUT2D eigenvalue weighted by atomic mass is 9.86. The van der Waals surface area contributed by atoms with Crippen LogP contribution in [0.1, 0.15) is 0 Å². The van der Waals surface area contributed by atoms with Crippen molar-refractivity contribution in [1.82, 2.24) is 9.97 Å². The summed E-state index contributed by atoms with van der Waals surface area (Å²) in [5.41, 5.74) is 13.6. The van der Waals surface area contributed by atoms with E-state index in [1.54, 1.807) is 0 Å². The second-order valence-corrected chi connectivity index (χ2v) is 12.1. The summed E-state index contributed by atoms with van der Waals surface area (Å²) in [7, 11) is 0. The van der Waals surface area contributed by atoms with Gasteiger partial charge in [0.25, 0.3) is 0 Å². The van der Waals surface area contributed by atoms with E-state index in [0.29, 0.717) is 5.82 Å². The molecule has 1 aliphatic heterocycles. The fraction of sp³-hybridized carbons (Fsp3) is 0. The van der Waals surface area contributed by atoms with E-state index in [2.05, 4.69) is 133 Å². The van der Waals surface area contributed by atoms with E-state index in [1.807, 2.05) is 48.5 Å². The first-order chi connectivity index (χ1) is 24.3. The van der Waals surface area contributed by atoms with Gasteiger partial charge in [-0.3, -0.25) is 0 Å². The van der Waals surface area contributed by atoms with Crippen LogP contribution in [-0.2, 0) is 0 Å². The fourth-order valence-electron chi connectivity index (χ4n) is 6.81. The van der Waals surface area contributed by atoms with Crippen LogP contribution in [0.4, 0.5) is 0 Å². The predicted octanol–water partition coefficient (Wildman–Crippen LogP) is 12.3. The average Bonchev–Trinajstić information content (AvgIpc) is 3.20. The summed E-state index contributed by atoms with van der Waals surface area (Å²) in [4.78, 5) is 10.2. The summed E-state index contributed by atoms with van der Waals surface area (Å²) < 4.78 is 6.86. The molecule has 2 heterocycles. The lowest BCUT2D eigenvalue weighted by Crippen LogP contribution is -1.97. The summed E-state index contributed by atoms with van der Waals surface area (Å²) in [6.45, 7) is 0. The number of nitrogens with zero attached hydrogens (tertiary/aromatic N) is 2. The van der Waals surface area contributed by atoms with Gasteiger partial charge in [-0.1, -0.05) is 158 Å². The zero-order valence-corrected chi connectivity index (χ0v) is 26.6. The normalized spacial score (nSPS) is 11.4. The molecule has 0 amide bonds. The van der Waals surface area contributed by atoms with Gasteiger partial charge in [0.05, 0.1) is 11.4 Å². The van der Waals surface area contributed by atoms with E-state index in [4.69, 9.17) is 14.7 Å². The third-order valence-corrected chi connectivity index (χ3v) is 9.15. The second-order valence-electron chi connectivity index (χ2n) is 12.1. The van der Waals surface area contributed by atoms with Gasteiger partial charge in [0.15, 0.2) is 5.82 Å². The van der Waals surface area contributed by atoms with E-state index < -0.39 is 0 Å². The number of aromatic nitrogens is 2. The Kier molecular flexibility index (Phi) is 7.14. The van der Waals surface area contributed by atoms with Crippen LogP contribution in [0.5, 0.6) is 11.5 Å². The number of fused-ring (bicyclic) bond motifs is 9. The number of rotatable bonds is 3. The first-order valence-electron chi connectivity index (χ1n) is 16.5. The van der Waals surface area contributed by atoms with Crippen LogP contribution < -0.4 is 4.74 Å². The third kappa shape index (κ3) is 5.28. The highest BCUT2D eigenvalue weighted by Gasteiger charge is 2.22. The molecule has 0 radical (unpaired) electrons. The number of para-hydroxylation sites is 2. The van der Waals surface area contributed by atoms with Crippen molar-refractivity contribution in [3.8, 4) is 89.9 Å². The van der Waals surface area contributed by atoms with Crippen molar-refractivity contribution in [3.63, 3.8) is 0 Å². The molecule has 3 heteroatoms. The van der Waals surface area contributed by atoms with Crippen LogP contribution in [0, 0.1) is 0 Å². The van der Waals surface area contributed by atoms with Crippen LogP contribution in [0.25, 0.3) is 78.4 Å². The number of ether oxygens (including phenoxy) is 1. The smallest absolute Gasteiger partial charge is 0.160 e. The van der Waals surface area contributed by atoms with Gasteiger partial charge in [0, 0.05) is 27.8 Å². The molecule has 7 aromatic carbocycles. The molecule has 0 aliphatic carbocycles. The topological polar surface area (TPSA) is 35.0 Å². The minimum Gasteiger partial charge on any atom is -0.456 e. The van der Waals surface area contributed by atoms with Crippen molar-refractivity contribution in [2.24, 2.45) is 0 Å². The summed E-state index contributed by atoms with van der Waals surface area (Å²) in [5, 5.41) is 0. The van der Waals surface area contributed by atoms with Crippen molar-refractivity contribution in [3.05, 3.63) is 182 Å². The number of hydrogen-bond donors (Lipinski definition) is 0. The highest BCUT2D eigenvalue weighted by atomic mass is 16.5. The van der Waals surface area contributed by atoms with Crippen LogP contribution in [0.2, 0.25) is 0 Å². The van der Waals surface area contributed by atoms with Crippen LogP contribution in [-0.4, -0.2) is 9.97 Å².